The zero-order valence-electron chi connectivity index (χ0n) is 11.3. The molecule has 1 aliphatic rings. The van der Waals surface area contributed by atoms with E-state index in [2.05, 4.69) is 25.2 Å². The van der Waals surface area contributed by atoms with Crippen LogP contribution in [0.25, 0.3) is 0 Å². The molecule has 0 aliphatic carbocycles. The van der Waals surface area contributed by atoms with E-state index in [4.69, 9.17) is 0 Å². The molecule has 2 rings (SSSR count). The van der Waals surface area contributed by atoms with Crippen molar-refractivity contribution in [2.45, 2.75) is 39.2 Å². The summed E-state index contributed by atoms with van der Waals surface area (Å²) in [7, 11) is 0. The first-order valence-electron chi connectivity index (χ1n) is 6.84. The highest BCUT2D eigenvalue weighted by molar-refractivity contribution is 5.98. The topological polar surface area (TPSA) is 32.3 Å². The van der Waals surface area contributed by atoms with Crippen LogP contribution in [0.2, 0.25) is 0 Å². The molecule has 1 heterocycles. The van der Waals surface area contributed by atoms with E-state index in [9.17, 15) is 4.79 Å². The summed E-state index contributed by atoms with van der Waals surface area (Å²) in [5.41, 5.74) is 2.23. The first-order valence-corrected chi connectivity index (χ1v) is 6.84. The Morgan fingerprint density at radius 2 is 2.17 bits per heavy atom. The van der Waals surface area contributed by atoms with Crippen molar-refractivity contribution in [3.8, 4) is 0 Å². The van der Waals surface area contributed by atoms with E-state index < -0.39 is 0 Å². The number of amides is 1. The lowest BCUT2D eigenvalue weighted by Gasteiger charge is -2.34. The number of hydrogen-bond acceptors (Lipinski definition) is 2. The first-order chi connectivity index (χ1) is 8.74. The molecule has 3 nitrogen and oxygen atoms in total. The Balaban J connectivity index is 2.14. The fourth-order valence-electron chi connectivity index (χ4n) is 2.48. The van der Waals surface area contributed by atoms with Crippen LogP contribution >= 0.6 is 0 Å². The third kappa shape index (κ3) is 2.72. The molecule has 1 fully saturated rings. The third-order valence-electron chi connectivity index (χ3n) is 3.54. The van der Waals surface area contributed by atoms with Gasteiger partial charge in [-0.2, -0.15) is 0 Å². The predicted octanol–water partition coefficient (Wildman–Crippen LogP) is 2.49. The Morgan fingerprint density at radius 3 is 2.89 bits per heavy atom. The van der Waals surface area contributed by atoms with Gasteiger partial charge in [-0.3, -0.25) is 4.79 Å². The average molecular weight is 246 g/mol. The number of aryl methyl sites for hydroxylation is 1. The van der Waals surface area contributed by atoms with Gasteiger partial charge in [0, 0.05) is 18.8 Å². The van der Waals surface area contributed by atoms with Crippen molar-refractivity contribution in [2.75, 3.05) is 18.0 Å². The highest BCUT2D eigenvalue weighted by Crippen LogP contribution is 2.22. The number of anilines is 1. The molecule has 0 radical (unpaired) electrons. The maximum absolute atomic E-state index is 12.4. The minimum Gasteiger partial charge on any atom is -0.310 e. The van der Waals surface area contributed by atoms with Crippen LogP contribution in [0, 0.1) is 6.92 Å². The van der Waals surface area contributed by atoms with Crippen molar-refractivity contribution < 1.29 is 4.79 Å². The van der Waals surface area contributed by atoms with Crippen molar-refractivity contribution in [1.29, 1.82) is 0 Å². The molecule has 0 aromatic heterocycles. The van der Waals surface area contributed by atoms with Gasteiger partial charge in [-0.25, -0.2) is 0 Å². The molecule has 0 saturated carbocycles. The lowest BCUT2D eigenvalue weighted by molar-refractivity contribution is -0.121. The van der Waals surface area contributed by atoms with Crippen molar-refractivity contribution in [1.82, 2.24) is 5.32 Å². The van der Waals surface area contributed by atoms with Crippen molar-refractivity contribution in [3.05, 3.63) is 29.8 Å². The van der Waals surface area contributed by atoms with Gasteiger partial charge in [0.25, 0.3) is 0 Å². The number of carbonyl (C=O) groups excluding carboxylic acids is 1. The molecule has 1 aliphatic heterocycles. The second kappa shape index (κ2) is 6.01. The number of piperazine rings is 1. The molecular weight excluding hydrogens is 224 g/mol. The maximum Gasteiger partial charge on any atom is 0.244 e. The lowest BCUT2D eigenvalue weighted by Crippen LogP contribution is -2.55. The van der Waals surface area contributed by atoms with Crippen molar-refractivity contribution in [2.24, 2.45) is 0 Å². The molecule has 18 heavy (non-hydrogen) atoms. The van der Waals surface area contributed by atoms with Crippen LogP contribution in [0.3, 0.4) is 0 Å². The summed E-state index contributed by atoms with van der Waals surface area (Å²) < 4.78 is 0. The Morgan fingerprint density at radius 1 is 1.39 bits per heavy atom. The number of hydrogen-bond donors (Lipinski definition) is 1. The van der Waals surface area contributed by atoms with Crippen LogP contribution in [-0.4, -0.2) is 25.0 Å². The number of nitrogens with zero attached hydrogens (tertiary/aromatic N) is 1. The highest BCUT2D eigenvalue weighted by atomic mass is 16.2. The van der Waals surface area contributed by atoms with Gasteiger partial charge in [-0.1, -0.05) is 38.0 Å². The number of rotatable bonds is 4. The van der Waals surface area contributed by atoms with E-state index in [0.29, 0.717) is 0 Å². The molecule has 98 valence electrons. The first kappa shape index (κ1) is 13.1. The van der Waals surface area contributed by atoms with Gasteiger partial charge in [-0.05, 0) is 25.0 Å². The Kier molecular flexibility index (Phi) is 4.37. The zero-order chi connectivity index (χ0) is 13.0. The van der Waals surface area contributed by atoms with E-state index in [1.165, 1.54) is 5.56 Å². The Hall–Kier alpha value is -1.35. The standard InChI is InChI=1S/C15H22N2O/c1-3-4-8-13-15(18)17(11-10-16-13)14-9-6-5-7-12(14)2/h5-7,9,13,16H,3-4,8,10-11H2,1-2H3/t13-/m0/s1. The molecule has 1 aromatic rings. The van der Waals surface area contributed by atoms with Crippen LogP contribution < -0.4 is 10.2 Å². The SMILES string of the molecule is CCCC[C@@H]1NCCN(c2ccccc2C)C1=O. The predicted molar refractivity (Wildman–Crippen MR) is 74.8 cm³/mol. The number of carbonyl (C=O) groups is 1. The summed E-state index contributed by atoms with van der Waals surface area (Å²) in [5, 5.41) is 3.33. The Bertz CT molecular complexity index is 417. The van der Waals surface area contributed by atoms with Crippen molar-refractivity contribution in [3.63, 3.8) is 0 Å². The smallest absolute Gasteiger partial charge is 0.244 e. The van der Waals surface area contributed by atoms with Gasteiger partial charge in [0.1, 0.15) is 0 Å². The van der Waals surface area contributed by atoms with E-state index in [-0.39, 0.29) is 11.9 Å². The van der Waals surface area contributed by atoms with Crippen LogP contribution in [-0.2, 0) is 4.79 Å². The number of para-hydroxylation sites is 1. The molecule has 1 atom stereocenters. The summed E-state index contributed by atoms with van der Waals surface area (Å²) in [6, 6.07) is 8.11. The molecular formula is C15H22N2O. The van der Waals surface area contributed by atoms with Crippen molar-refractivity contribution >= 4 is 11.6 Å². The number of benzene rings is 1. The van der Waals surface area contributed by atoms with Crippen LogP contribution in [0.15, 0.2) is 24.3 Å². The van der Waals surface area contributed by atoms with E-state index in [1.54, 1.807) is 0 Å². The van der Waals surface area contributed by atoms with Crippen LogP contribution in [0.1, 0.15) is 31.7 Å². The fraction of sp³-hybridized carbons (Fsp3) is 0.533. The molecule has 1 saturated heterocycles. The van der Waals surface area contributed by atoms with Gasteiger partial charge in [0.15, 0.2) is 0 Å². The maximum atomic E-state index is 12.4. The summed E-state index contributed by atoms with van der Waals surface area (Å²) in [6.07, 6.45) is 3.18. The van der Waals surface area contributed by atoms with E-state index in [0.717, 1.165) is 38.0 Å². The minimum absolute atomic E-state index is 0.00157. The minimum atomic E-state index is -0.00157. The van der Waals surface area contributed by atoms with Crippen LogP contribution in [0.4, 0.5) is 5.69 Å². The number of unbranched alkanes of at least 4 members (excludes halogenated alkanes) is 1. The van der Waals surface area contributed by atoms with E-state index in [1.807, 2.05) is 23.1 Å². The molecule has 0 bridgehead atoms. The van der Waals surface area contributed by atoms with Gasteiger partial charge in [-0.15, -0.1) is 0 Å². The summed E-state index contributed by atoms with van der Waals surface area (Å²) >= 11 is 0. The molecule has 0 spiro atoms. The number of nitrogens with one attached hydrogen (secondary N) is 1. The highest BCUT2D eigenvalue weighted by Gasteiger charge is 2.29. The monoisotopic (exact) mass is 246 g/mol. The summed E-state index contributed by atoms with van der Waals surface area (Å²) in [5.74, 6) is 0.226. The van der Waals surface area contributed by atoms with Gasteiger partial charge in [0.05, 0.1) is 6.04 Å². The fourth-order valence-corrected chi connectivity index (χ4v) is 2.48. The lowest BCUT2D eigenvalue weighted by atomic mass is 10.0. The van der Waals surface area contributed by atoms with Gasteiger partial charge >= 0.3 is 0 Å². The second-order valence-electron chi connectivity index (χ2n) is 4.93. The van der Waals surface area contributed by atoms with Gasteiger partial charge in [0.2, 0.25) is 5.91 Å². The average Bonchev–Trinajstić information content (AvgIpc) is 2.39. The summed E-state index contributed by atoms with van der Waals surface area (Å²) in [4.78, 5) is 14.4. The van der Waals surface area contributed by atoms with Gasteiger partial charge < -0.3 is 10.2 Å². The van der Waals surface area contributed by atoms with Crippen LogP contribution in [0.5, 0.6) is 0 Å². The molecule has 1 amide bonds. The zero-order valence-corrected chi connectivity index (χ0v) is 11.3. The molecule has 1 aromatic carbocycles. The van der Waals surface area contributed by atoms with E-state index >= 15 is 0 Å². The molecule has 1 N–H and O–H groups in total. The normalized spacial score (nSPS) is 20.2. The second-order valence-corrected chi connectivity index (χ2v) is 4.93. The third-order valence-corrected chi connectivity index (χ3v) is 3.54. The largest absolute Gasteiger partial charge is 0.310 e. The molecule has 3 heteroatoms. The Labute approximate surface area is 109 Å². The summed E-state index contributed by atoms with van der Waals surface area (Å²) in [6.45, 7) is 5.87. The quantitative estimate of drug-likeness (QED) is 0.885. The molecule has 0 unspecified atom stereocenters.